The van der Waals surface area contributed by atoms with E-state index < -0.39 is 5.97 Å². The first-order valence-corrected chi connectivity index (χ1v) is 6.13. The van der Waals surface area contributed by atoms with E-state index in [9.17, 15) is 4.79 Å². The summed E-state index contributed by atoms with van der Waals surface area (Å²) in [5.74, 6) is 0.0212. The second-order valence-electron chi connectivity index (χ2n) is 3.44. The van der Waals surface area contributed by atoms with Crippen molar-refractivity contribution in [3.05, 3.63) is 51.3 Å². The molecule has 0 fully saturated rings. The SMILES string of the molecule is O=C(O)c1ccc(OCc2ccc(Br)o2)c(Cl)c1. The largest absolute Gasteiger partial charge is 0.484 e. The van der Waals surface area contributed by atoms with Crippen molar-refractivity contribution < 1.29 is 19.1 Å². The van der Waals surface area contributed by atoms with Gasteiger partial charge in [0.25, 0.3) is 0 Å². The van der Waals surface area contributed by atoms with Crippen LogP contribution in [0.3, 0.4) is 0 Å². The number of carboxylic acids is 1. The summed E-state index contributed by atoms with van der Waals surface area (Å²) in [6.07, 6.45) is 0. The molecular formula is C12H8BrClO4. The van der Waals surface area contributed by atoms with Gasteiger partial charge in [-0.05, 0) is 46.3 Å². The zero-order valence-corrected chi connectivity index (χ0v) is 11.4. The number of halogens is 2. The molecule has 1 heterocycles. The summed E-state index contributed by atoms with van der Waals surface area (Å²) in [4.78, 5) is 10.7. The van der Waals surface area contributed by atoms with E-state index in [2.05, 4.69) is 15.9 Å². The quantitative estimate of drug-likeness (QED) is 0.921. The van der Waals surface area contributed by atoms with Crippen LogP contribution in [0, 0.1) is 0 Å². The summed E-state index contributed by atoms with van der Waals surface area (Å²) < 4.78 is 11.3. The van der Waals surface area contributed by atoms with Crippen LogP contribution >= 0.6 is 27.5 Å². The summed E-state index contributed by atoms with van der Waals surface area (Å²) in [6, 6.07) is 7.82. The summed E-state index contributed by atoms with van der Waals surface area (Å²) in [7, 11) is 0. The number of benzene rings is 1. The number of carboxylic acid groups (broad SMARTS) is 1. The summed E-state index contributed by atoms with van der Waals surface area (Å²) >= 11 is 9.10. The third-order valence-corrected chi connectivity index (χ3v) is 2.90. The second-order valence-corrected chi connectivity index (χ2v) is 4.63. The molecule has 2 rings (SSSR count). The first-order chi connectivity index (χ1) is 8.56. The zero-order valence-electron chi connectivity index (χ0n) is 9.02. The molecule has 94 valence electrons. The molecule has 1 aromatic heterocycles. The van der Waals surface area contributed by atoms with Crippen molar-refractivity contribution in [1.29, 1.82) is 0 Å². The van der Waals surface area contributed by atoms with Gasteiger partial charge in [0.05, 0.1) is 10.6 Å². The lowest BCUT2D eigenvalue weighted by molar-refractivity contribution is 0.0697. The molecule has 0 atom stereocenters. The summed E-state index contributed by atoms with van der Waals surface area (Å²) in [6.45, 7) is 0.220. The number of rotatable bonds is 4. The molecular weight excluding hydrogens is 323 g/mol. The second kappa shape index (κ2) is 5.46. The molecule has 0 radical (unpaired) electrons. The van der Waals surface area contributed by atoms with Gasteiger partial charge in [0.15, 0.2) is 4.67 Å². The predicted molar refractivity (Wildman–Crippen MR) is 69.2 cm³/mol. The molecule has 18 heavy (non-hydrogen) atoms. The van der Waals surface area contributed by atoms with Crippen LogP contribution in [-0.4, -0.2) is 11.1 Å². The van der Waals surface area contributed by atoms with Gasteiger partial charge in [-0.1, -0.05) is 11.6 Å². The van der Waals surface area contributed by atoms with Crippen LogP contribution in [-0.2, 0) is 6.61 Å². The Kier molecular flexibility index (Phi) is 3.93. The van der Waals surface area contributed by atoms with Gasteiger partial charge in [-0.25, -0.2) is 4.79 Å². The predicted octanol–water partition coefficient (Wildman–Crippen LogP) is 3.97. The van der Waals surface area contributed by atoms with Gasteiger partial charge in [0.1, 0.15) is 18.1 Å². The van der Waals surface area contributed by atoms with Crippen LogP contribution in [0.4, 0.5) is 0 Å². The van der Waals surface area contributed by atoms with E-state index in [4.69, 9.17) is 25.9 Å². The van der Waals surface area contributed by atoms with Gasteiger partial charge in [0, 0.05) is 0 Å². The van der Waals surface area contributed by atoms with Gasteiger partial charge in [-0.15, -0.1) is 0 Å². The lowest BCUT2D eigenvalue weighted by Gasteiger charge is -2.06. The van der Waals surface area contributed by atoms with Crippen LogP contribution in [0.2, 0.25) is 5.02 Å². The van der Waals surface area contributed by atoms with E-state index in [-0.39, 0.29) is 17.2 Å². The fraction of sp³-hybridized carbons (Fsp3) is 0.0833. The fourth-order valence-electron chi connectivity index (χ4n) is 1.33. The lowest BCUT2D eigenvalue weighted by Crippen LogP contribution is -1.98. The van der Waals surface area contributed by atoms with E-state index in [1.54, 1.807) is 12.1 Å². The van der Waals surface area contributed by atoms with Crippen LogP contribution < -0.4 is 4.74 Å². The Labute approximate surface area is 116 Å². The Bertz CT molecular complexity index is 579. The van der Waals surface area contributed by atoms with Crippen LogP contribution in [0.5, 0.6) is 5.75 Å². The molecule has 2 aromatic rings. The number of hydrogen-bond donors (Lipinski definition) is 1. The minimum atomic E-state index is -1.03. The molecule has 1 aromatic carbocycles. The molecule has 1 N–H and O–H groups in total. The molecule has 0 saturated carbocycles. The molecule has 0 unspecified atom stereocenters. The van der Waals surface area contributed by atoms with Crippen molar-refractivity contribution in [2.45, 2.75) is 6.61 Å². The highest BCUT2D eigenvalue weighted by molar-refractivity contribution is 9.10. The highest BCUT2D eigenvalue weighted by Gasteiger charge is 2.08. The average molecular weight is 332 g/mol. The molecule has 0 aliphatic heterocycles. The van der Waals surface area contributed by atoms with E-state index in [1.807, 2.05) is 0 Å². The Hall–Kier alpha value is -1.46. The Morgan fingerprint density at radius 2 is 2.17 bits per heavy atom. The van der Waals surface area contributed by atoms with Crippen molar-refractivity contribution in [3.8, 4) is 5.75 Å². The summed E-state index contributed by atoms with van der Waals surface area (Å²) in [5.41, 5.74) is 0.119. The third-order valence-electron chi connectivity index (χ3n) is 2.18. The zero-order chi connectivity index (χ0) is 13.1. The average Bonchev–Trinajstić information content (AvgIpc) is 2.73. The van der Waals surface area contributed by atoms with Crippen LogP contribution in [0.15, 0.2) is 39.4 Å². The van der Waals surface area contributed by atoms with E-state index in [0.29, 0.717) is 16.2 Å². The maximum absolute atomic E-state index is 10.7. The van der Waals surface area contributed by atoms with Gasteiger partial charge in [-0.3, -0.25) is 0 Å². The minimum Gasteiger partial charge on any atom is -0.484 e. The lowest BCUT2D eigenvalue weighted by atomic mass is 10.2. The van der Waals surface area contributed by atoms with Crippen molar-refractivity contribution in [3.63, 3.8) is 0 Å². The third kappa shape index (κ3) is 3.05. The molecule has 0 saturated heterocycles. The molecule has 0 spiro atoms. The fourth-order valence-corrected chi connectivity index (χ4v) is 1.90. The van der Waals surface area contributed by atoms with Crippen molar-refractivity contribution in [2.75, 3.05) is 0 Å². The van der Waals surface area contributed by atoms with Gasteiger partial charge in [0.2, 0.25) is 0 Å². The molecule has 0 amide bonds. The van der Waals surface area contributed by atoms with Crippen molar-refractivity contribution in [2.24, 2.45) is 0 Å². The first-order valence-electron chi connectivity index (χ1n) is 4.96. The standard InChI is InChI=1S/C12H8BrClO4/c13-11-4-2-8(18-11)6-17-10-3-1-7(12(15)16)5-9(10)14/h1-5H,6H2,(H,15,16). The maximum Gasteiger partial charge on any atom is 0.335 e. The first kappa shape index (κ1) is 13.0. The van der Waals surface area contributed by atoms with Gasteiger partial charge < -0.3 is 14.3 Å². The maximum atomic E-state index is 10.7. The summed E-state index contributed by atoms with van der Waals surface area (Å²) in [5, 5.41) is 9.04. The monoisotopic (exact) mass is 330 g/mol. The molecule has 4 nitrogen and oxygen atoms in total. The number of ether oxygens (including phenoxy) is 1. The smallest absolute Gasteiger partial charge is 0.335 e. The highest BCUT2D eigenvalue weighted by Crippen LogP contribution is 2.26. The van der Waals surface area contributed by atoms with Crippen molar-refractivity contribution in [1.82, 2.24) is 0 Å². The van der Waals surface area contributed by atoms with Crippen LogP contribution in [0.1, 0.15) is 16.1 Å². The Balaban J connectivity index is 2.08. The number of carbonyl (C=O) groups is 1. The van der Waals surface area contributed by atoms with Gasteiger partial charge >= 0.3 is 5.97 Å². The topological polar surface area (TPSA) is 59.7 Å². The normalized spacial score (nSPS) is 10.3. The number of furan rings is 1. The van der Waals surface area contributed by atoms with E-state index in [1.165, 1.54) is 18.2 Å². The van der Waals surface area contributed by atoms with Crippen molar-refractivity contribution >= 4 is 33.5 Å². The minimum absolute atomic E-state index is 0.119. The Morgan fingerprint density at radius 1 is 1.39 bits per heavy atom. The molecule has 0 aliphatic rings. The Morgan fingerprint density at radius 3 is 2.72 bits per heavy atom. The van der Waals surface area contributed by atoms with Gasteiger partial charge in [-0.2, -0.15) is 0 Å². The molecule has 6 heteroatoms. The van der Waals surface area contributed by atoms with Crippen LogP contribution in [0.25, 0.3) is 0 Å². The van der Waals surface area contributed by atoms with E-state index in [0.717, 1.165) is 0 Å². The molecule has 0 aliphatic carbocycles. The number of aromatic carboxylic acids is 1. The number of hydrogen-bond acceptors (Lipinski definition) is 3. The van der Waals surface area contributed by atoms with E-state index >= 15 is 0 Å². The molecule has 0 bridgehead atoms. The highest BCUT2D eigenvalue weighted by atomic mass is 79.9.